The molecular weight excluding hydrogens is 499 g/mol. The van der Waals surface area contributed by atoms with E-state index < -0.39 is 0 Å². The number of nitrogens with zero attached hydrogens (tertiary/aromatic N) is 3. The summed E-state index contributed by atoms with van der Waals surface area (Å²) in [5.74, 6) is 0.456. The number of amides is 1. The predicted molar refractivity (Wildman–Crippen MR) is 136 cm³/mol. The number of thiophene rings is 1. The Labute approximate surface area is 207 Å². The number of hydrogen-bond acceptors (Lipinski definition) is 6. The molecule has 2 aromatic carbocycles. The number of carbonyl (C=O) groups excluding carboxylic acids is 1. The molecule has 1 amide bonds. The largest absolute Gasteiger partial charge is 0.482 e. The minimum Gasteiger partial charge on any atom is -0.482 e. The van der Waals surface area contributed by atoms with Gasteiger partial charge in [0.05, 0.1) is 38.2 Å². The SMILES string of the molecule is Cc1ccsc1C=Nn1c(-c2ccc3c(c2)NC(=O)CO3)csc1=Nc1ccc(Cl)c(Cl)c1. The molecule has 0 unspecified atom stereocenters. The van der Waals surface area contributed by atoms with Crippen LogP contribution in [-0.2, 0) is 4.79 Å². The summed E-state index contributed by atoms with van der Waals surface area (Å²) in [6.45, 7) is 2.06. The number of nitrogens with one attached hydrogen (secondary N) is 1. The van der Waals surface area contributed by atoms with E-state index in [1.165, 1.54) is 11.3 Å². The molecule has 3 heterocycles. The van der Waals surface area contributed by atoms with E-state index in [4.69, 9.17) is 38.0 Å². The number of benzene rings is 2. The Morgan fingerprint density at radius 1 is 1.12 bits per heavy atom. The van der Waals surface area contributed by atoms with Crippen LogP contribution in [-0.4, -0.2) is 23.4 Å². The number of aryl methyl sites for hydroxylation is 1. The van der Waals surface area contributed by atoms with Crippen LogP contribution in [0.2, 0.25) is 10.0 Å². The third-order valence-corrected chi connectivity index (χ3v) is 7.42. The van der Waals surface area contributed by atoms with Gasteiger partial charge < -0.3 is 10.1 Å². The molecule has 0 aliphatic carbocycles. The van der Waals surface area contributed by atoms with Crippen molar-refractivity contribution in [3.8, 4) is 17.0 Å². The van der Waals surface area contributed by atoms with Crippen LogP contribution < -0.4 is 14.9 Å². The van der Waals surface area contributed by atoms with E-state index in [1.807, 2.05) is 42.1 Å². The van der Waals surface area contributed by atoms with Gasteiger partial charge in [-0.25, -0.2) is 9.67 Å². The van der Waals surface area contributed by atoms with Crippen LogP contribution in [0.15, 0.2) is 63.3 Å². The van der Waals surface area contributed by atoms with Crippen LogP contribution in [0.5, 0.6) is 5.75 Å². The molecule has 166 valence electrons. The third kappa shape index (κ3) is 4.60. The Balaban J connectivity index is 1.64. The van der Waals surface area contributed by atoms with Crippen LogP contribution in [0.3, 0.4) is 0 Å². The molecule has 6 nitrogen and oxygen atoms in total. The maximum atomic E-state index is 11.8. The highest BCUT2D eigenvalue weighted by Crippen LogP contribution is 2.33. The summed E-state index contributed by atoms with van der Waals surface area (Å²) in [5, 5.41) is 12.5. The smallest absolute Gasteiger partial charge is 0.262 e. The molecular formula is C23H16Cl2N4O2S2. The number of thiazole rings is 1. The molecule has 0 saturated carbocycles. The number of halogens is 2. The molecule has 0 atom stereocenters. The van der Waals surface area contributed by atoms with Crippen molar-refractivity contribution in [2.75, 3.05) is 11.9 Å². The van der Waals surface area contributed by atoms with E-state index in [2.05, 4.69) is 11.4 Å². The summed E-state index contributed by atoms with van der Waals surface area (Å²) in [6, 6.07) is 12.9. The molecule has 0 bridgehead atoms. The molecule has 33 heavy (non-hydrogen) atoms. The first-order valence-electron chi connectivity index (χ1n) is 9.84. The van der Waals surface area contributed by atoms with Crippen molar-refractivity contribution in [3.05, 3.63) is 78.5 Å². The first-order chi connectivity index (χ1) is 16.0. The number of anilines is 1. The van der Waals surface area contributed by atoms with Crippen molar-refractivity contribution in [2.24, 2.45) is 10.1 Å². The molecule has 0 fully saturated rings. The molecule has 0 radical (unpaired) electrons. The highest BCUT2D eigenvalue weighted by Gasteiger charge is 2.18. The molecule has 1 aliphatic heterocycles. The van der Waals surface area contributed by atoms with Gasteiger partial charge in [0.2, 0.25) is 4.80 Å². The highest BCUT2D eigenvalue weighted by molar-refractivity contribution is 7.11. The van der Waals surface area contributed by atoms with Gasteiger partial charge >= 0.3 is 0 Å². The molecule has 0 spiro atoms. The van der Waals surface area contributed by atoms with E-state index in [0.717, 1.165) is 21.7 Å². The number of hydrogen-bond donors (Lipinski definition) is 1. The van der Waals surface area contributed by atoms with Crippen molar-refractivity contribution in [2.45, 2.75) is 6.92 Å². The number of fused-ring (bicyclic) bond motifs is 1. The van der Waals surface area contributed by atoms with Gasteiger partial charge in [-0.3, -0.25) is 4.79 Å². The zero-order chi connectivity index (χ0) is 22.9. The second kappa shape index (κ2) is 9.15. The van der Waals surface area contributed by atoms with Gasteiger partial charge in [0, 0.05) is 10.9 Å². The lowest BCUT2D eigenvalue weighted by Crippen LogP contribution is -2.25. The van der Waals surface area contributed by atoms with Crippen LogP contribution >= 0.6 is 45.9 Å². The number of carbonyl (C=O) groups is 1. The van der Waals surface area contributed by atoms with Crippen molar-refractivity contribution in [3.63, 3.8) is 0 Å². The summed E-state index contributed by atoms with van der Waals surface area (Å²) in [7, 11) is 0. The minimum absolute atomic E-state index is 0.0158. The average molecular weight is 515 g/mol. The summed E-state index contributed by atoms with van der Waals surface area (Å²) >= 11 is 15.3. The van der Waals surface area contributed by atoms with Gasteiger partial charge in [-0.2, -0.15) is 5.10 Å². The molecule has 4 aromatic rings. The van der Waals surface area contributed by atoms with Gasteiger partial charge in [0.25, 0.3) is 5.91 Å². The number of ether oxygens (including phenoxy) is 1. The fourth-order valence-electron chi connectivity index (χ4n) is 3.22. The monoisotopic (exact) mass is 514 g/mol. The van der Waals surface area contributed by atoms with Crippen molar-refractivity contribution in [1.29, 1.82) is 0 Å². The van der Waals surface area contributed by atoms with Crippen LogP contribution in [0, 0.1) is 6.92 Å². The molecule has 0 saturated heterocycles. The zero-order valence-electron chi connectivity index (χ0n) is 17.2. The topological polar surface area (TPSA) is 68.0 Å². The van der Waals surface area contributed by atoms with E-state index in [-0.39, 0.29) is 12.5 Å². The summed E-state index contributed by atoms with van der Waals surface area (Å²) in [6.07, 6.45) is 1.83. The second-order valence-electron chi connectivity index (χ2n) is 7.19. The van der Waals surface area contributed by atoms with E-state index in [0.29, 0.717) is 32.0 Å². The quantitative estimate of drug-likeness (QED) is 0.323. The van der Waals surface area contributed by atoms with E-state index in [9.17, 15) is 4.79 Å². The predicted octanol–water partition coefficient (Wildman–Crippen LogP) is 6.34. The maximum Gasteiger partial charge on any atom is 0.262 e. The first kappa shape index (κ1) is 21.9. The van der Waals surface area contributed by atoms with Gasteiger partial charge in [-0.05, 0) is 60.3 Å². The molecule has 5 rings (SSSR count). The minimum atomic E-state index is -0.181. The van der Waals surface area contributed by atoms with Gasteiger partial charge in [-0.15, -0.1) is 22.7 Å². The normalized spacial score (nSPS) is 13.8. The van der Waals surface area contributed by atoms with Gasteiger partial charge in [0.1, 0.15) is 5.75 Å². The zero-order valence-corrected chi connectivity index (χ0v) is 20.4. The highest BCUT2D eigenvalue weighted by atomic mass is 35.5. The Morgan fingerprint density at radius 3 is 2.79 bits per heavy atom. The Morgan fingerprint density at radius 2 is 2.00 bits per heavy atom. The van der Waals surface area contributed by atoms with Gasteiger partial charge in [-0.1, -0.05) is 23.2 Å². The van der Waals surface area contributed by atoms with Crippen molar-refractivity contribution < 1.29 is 9.53 Å². The van der Waals surface area contributed by atoms with Crippen LogP contribution in [0.4, 0.5) is 11.4 Å². The molecule has 1 N–H and O–H groups in total. The van der Waals surface area contributed by atoms with Crippen LogP contribution in [0.25, 0.3) is 11.3 Å². The van der Waals surface area contributed by atoms with Crippen molar-refractivity contribution in [1.82, 2.24) is 4.68 Å². The first-order valence-corrected chi connectivity index (χ1v) is 12.4. The standard InChI is InChI=1S/C23H16Cl2N4O2S2/c1-13-6-7-32-21(13)10-26-29-19(14-2-5-20-18(8-14)28-22(30)11-31-20)12-33-23(29)27-15-3-4-16(24)17(25)9-15/h2-10,12H,11H2,1H3,(H,28,30). The average Bonchev–Trinajstić information content (AvgIpc) is 3.39. The van der Waals surface area contributed by atoms with Gasteiger partial charge in [0.15, 0.2) is 6.61 Å². The summed E-state index contributed by atoms with van der Waals surface area (Å²) in [4.78, 5) is 18.2. The summed E-state index contributed by atoms with van der Waals surface area (Å²) in [5.41, 5.74) is 4.14. The Kier molecular flexibility index (Phi) is 6.07. The third-order valence-electron chi connectivity index (χ3n) is 4.91. The van der Waals surface area contributed by atoms with E-state index >= 15 is 0 Å². The summed E-state index contributed by atoms with van der Waals surface area (Å²) < 4.78 is 7.26. The lowest BCUT2D eigenvalue weighted by Gasteiger charge is -2.18. The molecule has 1 aliphatic rings. The maximum absolute atomic E-state index is 11.8. The lowest BCUT2D eigenvalue weighted by molar-refractivity contribution is -0.118. The van der Waals surface area contributed by atoms with Crippen LogP contribution in [0.1, 0.15) is 10.4 Å². The Hall–Kier alpha value is -2.91. The fraction of sp³-hybridized carbons (Fsp3) is 0.0870. The lowest BCUT2D eigenvalue weighted by atomic mass is 10.1. The Bertz CT molecular complexity index is 1470. The number of aromatic nitrogens is 1. The van der Waals surface area contributed by atoms with E-state index in [1.54, 1.807) is 34.2 Å². The molecule has 2 aromatic heterocycles. The van der Waals surface area contributed by atoms with Crippen molar-refractivity contribution >= 4 is 69.4 Å². The second-order valence-corrected chi connectivity index (χ2v) is 9.78. The molecule has 10 heteroatoms. The fourth-order valence-corrected chi connectivity index (χ4v) is 5.15. The number of rotatable bonds is 4.